The Bertz CT molecular complexity index is 1540. The van der Waals surface area contributed by atoms with Gasteiger partial charge in [0.15, 0.2) is 6.10 Å². The number of rotatable bonds is 46. The van der Waals surface area contributed by atoms with Crippen LogP contribution in [0.5, 0.6) is 0 Å². The average Bonchev–Trinajstić information content (AvgIpc) is 3.34. The molecule has 0 amide bonds. The van der Waals surface area contributed by atoms with Crippen molar-refractivity contribution in [3.63, 3.8) is 0 Å². The third-order valence-corrected chi connectivity index (χ3v) is 10.6. The Balaban J connectivity index is 4.55. The highest BCUT2D eigenvalue weighted by Crippen LogP contribution is 2.13. The van der Waals surface area contributed by atoms with Crippen molar-refractivity contribution in [1.29, 1.82) is 0 Å². The molecule has 6 nitrogen and oxygen atoms in total. The van der Waals surface area contributed by atoms with Gasteiger partial charge in [-0.25, -0.2) is 0 Å². The lowest BCUT2D eigenvalue weighted by atomic mass is 10.1. The van der Waals surface area contributed by atoms with Crippen LogP contribution in [0.1, 0.15) is 207 Å². The monoisotopic (exact) mass is 937 g/mol. The molecule has 1 atom stereocenters. The first kappa shape index (κ1) is 63.3. The molecule has 68 heavy (non-hydrogen) atoms. The van der Waals surface area contributed by atoms with Gasteiger partial charge in [0, 0.05) is 19.3 Å². The van der Waals surface area contributed by atoms with Crippen molar-refractivity contribution < 1.29 is 28.6 Å². The average molecular weight is 937 g/mol. The molecule has 0 saturated heterocycles. The number of hydrogen-bond donors (Lipinski definition) is 0. The molecule has 0 saturated carbocycles. The van der Waals surface area contributed by atoms with Crippen LogP contribution in [0, 0.1) is 0 Å². The highest BCUT2D eigenvalue weighted by atomic mass is 16.6. The van der Waals surface area contributed by atoms with E-state index >= 15 is 0 Å². The van der Waals surface area contributed by atoms with Crippen molar-refractivity contribution in [3.8, 4) is 0 Å². The smallest absolute Gasteiger partial charge is 0.306 e. The number of carbonyl (C=O) groups is 3. The zero-order chi connectivity index (χ0) is 49.3. The van der Waals surface area contributed by atoms with Crippen LogP contribution >= 0.6 is 0 Å². The summed E-state index contributed by atoms with van der Waals surface area (Å²) in [6, 6.07) is 0. The van der Waals surface area contributed by atoms with Gasteiger partial charge in [0.05, 0.1) is 0 Å². The van der Waals surface area contributed by atoms with Crippen molar-refractivity contribution in [2.24, 2.45) is 0 Å². The molecule has 0 rings (SSSR count). The first-order valence-corrected chi connectivity index (χ1v) is 26.9. The van der Waals surface area contributed by atoms with Crippen molar-refractivity contribution in [2.45, 2.75) is 213 Å². The van der Waals surface area contributed by atoms with Gasteiger partial charge < -0.3 is 14.2 Å². The maximum atomic E-state index is 12.8. The fourth-order valence-electron chi connectivity index (χ4n) is 6.69. The van der Waals surface area contributed by atoms with E-state index in [4.69, 9.17) is 14.2 Å². The number of carbonyl (C=O) groups excluding carboxylic acids is 3. The van der Waals surface area contributed by atoms with Crippen LogP contribution in [-0.2, 0) is 28.6 Å². The van der Waals surface area contributed by atoms with Gasteiger partial charge in [0.2, 0.25) is 0 Å². The van der Waals surface area contributed by atoms with Gasteiger partial charge in [-0.15, -0.1) is 0 Å². The second-order valence-electron chi connectivity index (χ2n) is 17.0. The standard InChI is InChI=1S/C62H96O6/c1-4-7-10-13-16-19-22-25-28-30-31-32-35-37-40-43-46-49-52-55-61(64)67-58-59(57-66-60(63)54-51-48-45-42-39-36-33-27-24-21-18-15-12-9-6-3)68-62(65)56-53-50-47-44-41-38-34-29-26-23-20-17-14-11-8-5-2/h7-12,15-21,24-26,28-29,31-32,37-38,40-41,59H,4-6,13-14,22-23,27,30,33-36,39,42-58H2,1-3H3/b10-7-,11-8-,12-9-,18-15-,19-16-,20-17-,24-21-,28-25-,29-26-,32-31-,40-37-,41-38-. The van der Waals surface area contributed by atoms with Gasteiger partial charge in [-0.1, -0.05) is 212 Å². The molecule has 0 spiro atoms. The summed E-state index contributed by atoms with van der Waals surface area (Å²) in [4.78, 5) is 38.1. The molecule has 0 N–H and O–H groups in total. The molecule has 0 aliphatic heterocycles. The van der Waals surface area contributed by atoms with Crippen LogP contribution in [0.3, 0.4) is 0 Å². The molecule has 0 aromatic rings. The van der Waals surface area contributed by atoms with E-state index in [0.717, 1.165) is 135 Å². The molecule has 0 aliphatic rings. The Kier molecular flexibility index (Phi) is 51.1. The molecule has 380 valence electrons. The van der Waals surface area contributed by atoms with Gasteiger partial charge in [0.1, 0.15) is 13.2 Å². The van der Waals surface area contributed by atoms with E-state index in [2.05, 4.69) is 167 Å². The van der Waals surface area contributed by atoms with Crippen molar-refractivity contribution in [1.82, 2.24) is 0 Å². The van der Waals surface area contributed by atoms with Crippen LogP contribution in [0.15, 0.2) is 146 Å². The molecule has 0 fully saturated rings. The number of unbranched alkanes of at least 4 members (excludes halogenated alkanes) is 13. The maximum absolute atomic E-state index is 12.8. The van der Waals surface area contributed by atoms with Crippen LogP contribution in [0.2, 0.25) is 0 Å². The summed E-state index contributed by atoms with van der Waals surface area (Å²) in [7, 11) is 0. The third kappa shape index (κ3) is 52.3. The topological polar surface area (TPSA) is 78.9 Å². The molecule has 0 bridgehead atoms. The summed E-state index contributed by atoms with van der Waals surface area (Å²) in [6.45, 7) is 6.19. The summed E-state index contributed by atoms with van der Waals surface area (Å²) in [5, 5.41) is 0. The predicted molar refractivity (Wildman–Crippen MR) is 292 cm³/mol. The number of ether oxygens (including phenoxy) is 3. The van der Waals surface area contributed by atoms with Crippen LogP contribution in [-0.4, -0.2) is 37.2 Å². The van der Waals surface area contributed by atoms with Gasteiger partial charge in [-0.05, 0) is 122 Å². The van der Waals surface area contributed by atoms with E-state index in [1.807, 2.05) is 0 Å². The molecule has 0 aliphatic carbocycles. The van der Waals surface area contributed by atoms with Gasteiger partial charge in [0.25, 0.3) is 0 Å². The van der Waals surface area contributed by atoms with Gasteiger partial charge in [-0.3, -0.25) is 14.4 Å². The molecule has 0 aromatic carbocycles. The fourth-order valence-corrected chi connectivity index (χ4v) is 6.69. The Labute approximate surface area is 417 Å². The number of allylic oxidation sites excluding steroid dienone is 24. The summed E-state index contributed by atoms with van der Waals surface area (Å²) in [5.74, 6) is -1.00. The summed E-state index contributed by atoms with van der Waals surface area (Å²) in [6.07, 6.45) is 78.3. The summed E-state index contributed by atoms with van der Waals surface area (Å²) in [5.41, 5.74) is 0. The maximum Gasteiger partial charge on any atom is 0.306 e. The molecular weight excluding hydrogens is 841 g/mol. The van der Waals surface area contributed by atoms with Crippen LogP contribution < -0.4 is 0 Å². The zero-order valence-electron chi connectivity index (χ0n) is 43.3. The lowest BCUT2D eigenvalue weighted by Gasteiger charge is -2.18. The predicted octanol–water partition coefficient (Wildman–Crippen LogP) is 18.0. The molecule has 0 heterocycles. The van der Waals surface area contributed by atoms with Crippen LogP contribution in [0.4, 0.5) is 0 Å². The summed E-state index contributed by atoms with van der Waals surface area (Å²) < 4.78 is 16.8. The Morgan fingerprint density at radius 2 is 0.603 bits per heavy atom. The largest absolute Gasteiger partial charge is 0.462 e. The Morgan fingerprint density at radius 1 is 0.309 bits per heavy atom. The number of esters is 3. The van der Waals surface area contributed by atoms with Crippen molar-refractivity contribution >= 4 is 17.9 Å². The second kappa shape index (κ2) is 54.9. The van der Waals surface area contributed by atoms with E-state index in [0.29, 0.717) is 19.3 Å². The second-order valence-corrected chi connectivity index (χ2v) is 17.0. The SMILES string of the molecule is CC\C=C/C=C\C=C/CCCCCCCCCC(=O)OCC(COC(=O)CCCCC/C=C\C/C=C\C/C=C\C/C=C\C/C=C\CC)OC(=O)CCCCC/C=C\C/C=C\C/C=C\C/C=C\CC. The molecule has 6 heteroatoms. The minimum absolute atomic E-state index is 0.114. The minimum atomic E-state index is -0.820. The highest BCUT2D eigenvalue weighted by molar-refractivity contribution is 5.71. The number of hydrogen-bond acceptors (Lipinski definition) is 6. The van der Waals surface area contributed by atoms with E-state index in [9.17, 15) is 14.4 Å². The third-order valence-electron chi connectivity index (χ3n) is 10.6. The zero-order valence-corrected chi connectivity index (χ0v) is 43.3. The molecule has 1 unspecified atom stereocenters. The first-order chi connectivity index (χ1) is 33.5. The van der Waals surface area contributed by atoms with E-state index in [1.54, 1.807) is 0 Å². The minimum Gasteiger partial charge on any atom is -0.462 e. The normalized spacial score (nSPS) is 13.3. The molecule has 0 aromatic heterocycles. The van der Waals surface area contributed by atoms with Crippen molar-refractivity contribution in [2.75, 3.05) is 13.2 Å². The lowest BCUT2D eigenvalue weighted by molar-refractivity contribution is -0.167. The van der Waals surface area contributed by atoms with Crippen molar-refractivity contribution in [3.05, 3.63) is 146 Å². The molecule has 0 radical (unpaired) electrons. The van der Waals surface area contributed by atoms with E-state index in [-0.39, 0.29) is 37.5 Å². The Hall–Kier alpha value is -4.71. The van der Waals surface area contributed by atoms with Gasteiger partial charge >= 0.3 is 17.9 Å². The molecular formula is C62H96O6. The van der Waals surface area contributed by atoms with Crippen LogP contribution in [0.25, 0.3) is 0 Å². The fraction of sp³-hybridized carbons (Fsp3) is 0.565. The van der Waals surface area contributed by atoms with E-state index < -0.39 is 6.10 Å². The summed E-state index contributed by atoms with van der Waals surface area (Å²) >= 11 is 0. The lowest BCUT2D eigenvalue weighted by Crippen LogP contribution is -2.30. The quantitative estimate of drug-likeness (QED) is 0.0199. The first-order valence-electron chi connectivity index (χ1n) is 26.9. The van der Waals surface area contributed by atoms with E-state index in [1.165, 1.54) is 25.7 Å². The Morgan fingerprint density at radius 3 is 1.00 bits per heavy atom. The highest BCUT2D eigenvalue weighted by Gasteiger charge is 2.19. The van der Waals surface area contributed by atoms with Gasteiger partial charge in [-0.2, -0.15) is 0 Å².